The molecule has 0 saturated carbocycles. The molecule has 0 aliphatic carbocycles. The third-order valence-electron chi connectivity index (χ3n) is 9.01. The lowest BCUT2D eigenvalue weighted by molar-refractivity contribution is -0.138. The van der Waals surface area contributed by atoms with Gasteiger partial charge in [-0.25, -0.2) is 18.6 Å². The zero-order chi connectivity index (χ0) is 34.4. The van der Waals surface area contributed by atoms with Gasteiger partial charge in [0.2, 0.25) is 0 Å². The summed E-state index contributed by atoms with van der Waals surface area (Å²) in [4.78, 5) is 25.9. The fraction of sp³-hybridized carbons (Fsp3) is 0.324. The van der Waals surface area contributed by atoms with E-state index in [1.807, 2.05) is 18.0 Å². The molecule has 5 aromatic rings. The molecule has 15 heteroatoms. The van der Waals surface area contributed by atoms with E-state index < -0.39 is 35.1 Å². The van der Waals surface area contributed by atoms with Gasteiger partial charge in [-0.05, 0) is 60.5 Å². The van der Waals surface area contributed by atoms with Gasteiger partial charge in [0.1, 0.15) is 17.2 Å². The van der Waals surface area contributed by atoms with Crippen molar-refractivity contribution in [3.8, 4) is 22.8 Å². The van der Waals surface area contributed by atoms with Crippen molar-refractivity contribution in [2.45, 2.75) is 25.7 Å². The first-order chi connectivity index (χ1) is 23.4. The van der Waals surface area contributed by atoms with Gasteiger partial charge in [0.05, 0.1) is 34.7 Å². The molecule has 0 radical (unpaired) electrons. The van der Waals surface area contributed by atoms with Crippen LogP contribution >= 0.6 is 0 Å². The zero-order valence-electron chi connectivity index (χ0n) is 26.7. The van der Waals surface area contributed by atoms with E-state index in [1.54, 1.807) is 42.3 Å². The normalized spacial score (nSPS) is 15.9. The second-order valence-corrected chi connectivity index (χ2v) is 12.5. The Morgan fingerprint density at radius 2 is 1.78 bits per heavy atom. The van der Waals surface area contributed by atoms with E-state index in [0.29, 0.717) is 66.7 Å². The van der Waals surface area contributed by atoms with Crippen LogP contribution in [0.2, 0.25) is 0 Å². The van der Waals surface area contributed by atoms with Crippen molar-refractivity contribution in [2.75, 3.05) is 45.1 Å². The number of alkyl halides is 3. The van der Waals surface area contributed by atoms with Crippen LogP contribution in [0.15, 0.2) is 55.0 Å². The van der Waals surface area contributed by atoms with E-state index >= 15 is 8.78 Å². The Bertz CT molecular complexity index is 2030. The Morgan fingerprint density at radius 3 is 2.51 bits per heavy atom. The first kappa shape index (κ1) is 32.5. The highest BCUT2D eigenvalue weighted by molar-refractivity contribution is 5.90. The number of hydrogen-bond donors (Lipinski definition) is 2. The molecule has 2 aromatic carbocycles. The lowest BCUT2D eigenvalue weighted by Crippen LogP contribution is -2.44. The van der Waals surface area contributed by atoms with E-state index in [1.165, 1.54) is 4.90 Å². The number of halogens is 5. The van der Waals surface area contributed by atoms with E-state index in [-0.39, 0.29) is 30.9 Å². The molecule has 5 heterocycles. The zero-order valence-corrected chi connectivity index (χ0v) is 26.7. The number of aromatic amines is 1. The fourth-order valence-corrected chi connectivity index (χ4v) is 6.28. The molecule has 0 atom stereocenters. The van der Waals surface area contributed by atoms with Crippen LogP contribution in [0.25, 0.3) is 22.3 Å². The Kier molecular flexibility index (Phi) is 8.48. The van der Waals surface area contributed by atoms with Crippen molar-refractivity contribution in [1.82, 2.24) is 34.4 Å². The molecule has 256 valence electrons. The van der Waals surface area contributed by atoms with Gasteiger partial charge in [0.25, 0.3) is 0 Å². The van der Waals surface area contributed by atoms with Gasteiger partial charge in [-0.1, -0.05) is 6.07 Å². The van der Waals surface area contributed by atoms with Gasteiger partial charge in [-0.15, -0.1) is 0 Å². The number of anilines is 1. The first-order valence-corrected chi connectivity index (χ1v) is 15.7. The Labute approximate surface area is 278 Å². The number of amides is 2. The third-order valence-corrected chi connectivity index (χ3v) is 9.01. The summed E-state index contributed by atoms with van der Waals surface area (Å²) in [5, 5.41) is 6.95. The third kappa shape index (κ3) is 6.81. The average molecular weight is 681 g/mol. The predicted molar refractivity (Wildman–Crippen MR) is 172 cm³/mol. The molecule has 0 unspecified atom stereocenters. The molecule has 0 bridgehead atoms. The van der Waals surface area contributed by atoms with Crippen molar-refractivity contribution in [1.29, 1.82) is 0 Å². The van der Waals surface area contributed by atoms with Crippen LogP contribution in [0.4, 0.5) is 32.4 Å². The van der Waals surface area contributed by atoms with Gasteiger partial charge in [0, 0.05) is 64.6 Å². The number of ether oxygens (including phenoxy) is 1. The van der Waals surface area contributed by atoms with E-state index in [9.17, 15) is 18.0 Å². The van der Waals surface area contributed by atoms with Crippen LogP contribution in [-0.2, 0) is 32.7 Å². The fourth-order valence-electron chi connectivity index (χ4n) is 6.28. The first-order valence-electron chi connectivity index (χ1n) is 15.7. The number of nitrogens with zero attached hydrogens (tertiary/aromatic N) is 6. The largest absolute Gasteiger partial charge is 0.453 e. The number of nitrogens with one attached hydrogen (secondary N) is 2. The van der Waals surface area contributed by atoms with E-state index in [0.717, 1.165) is 23.4 Å². The summed E-state index contributed by atoms with van der Waals surface area (Å²) in [6, 6.07) is 7.73. The average Bonchev–Trinajstić information content (AvgIpc) is 3.70. The quantitative estimate of drug-likeness (QED) is 0.202. The minimum atomic E-state index is -4.74. The number of aromatic nitrogens is 4. The van der Waals surface area contributed by atoms with Crippen molar-refractivity contribution in [3.05, 3.63) is 88.9 Å². The maximum atomic E-state index is 15.2. The Hall–Kier alpha value is -5.02. The van der Waals surface area contributed by atoms with Crippen LogP contribution < -0.4 is 10.1 Å². The molecule has 2 aliphatic rings. The van der Waals surface area contributed by atoms with Crippen LogP contribution in [-0.4, -0.2) is 80.3 Å². The predicted octanol–water partition coefficient (Wildman–Crippen LogP) is 6.39. The highest BCUT2D eigenvalue weighted by atomic mass is 19.4. The summed E-state index contributed by atoms with van der Waals surface area (Å²) in [5.41, 5.74) is 1.81. The van der Waals surface area contributed by atoms with Crippen LogP contribution in [0.3, 0.4) is 0 Å². The number of rotatable bonds is 6. The number of aryl methyl sites for hydroxylation is 1. The Balaban J connectivity index is 1.08. The maximum absolute atomic E-state index is 15.2. The molecular weight excluding hydrogens is 647 g/mol. The minimum Gasteiger partial charge on any atom is -0.453 e. The maximum Gasteiger partial charge on any atom is 0.416 e. The highest BCUT2D eigenvalue weighted by Crippen LogP contribution is 2.37. The number of piperazine rings is 1. The molecule has 49 heavy (non-hydrogen) atoms. The van der Waals surface area contributed by atoms with Crippen LogP contribution in [0.5, 0.6) is 11.5 Å². The SMILES string of the molecule is CN1CCN(Cc2cc(F)c(NC(=O)N3CCc4ccc(Oc5c(F)cnc6[nH]c(-c7cnn(C)c7)cc56)cc4C3)cc2C(F)(F)F)CC1. The molecule has 2 N–H and O–H groups in total. The lowest BCUT2D eigenvalue weighted by Gasteiger charge is -2.33. The van der Waals surface area contributed by atoms with Crippen molar-refractivity contribution < 1.29 is 31.5 Å². The van der Waals surface area contributed by atoms with Crippen LogP contribution in [0, 0.1) is 11.6 Å². The molecule has 3 aromatic heterocycles. The van der Waals surface area contributed by atoms with E-state index in [2.05, 4.69) is 25.3 Å². The lowest BCUT2D eigenvalue weighted by atomic mass is 9.99. The van der Waals surface area contributed by atoms with Crippen molar-refractivity contribution in [3.63, 3.8) is 0 Å². The molecule has 2 aliphatic heterocycles. The highest BCUT2D eigenvalue weighted by Gasteiger charge is 2.35. The van der Waals surface area contributed by atoms with Gasteiger partial charge in [0.15, 0.2) is 11.6 Å². The number of carbonyl (C=O) groups excluding carboxylic acids is 1. The number of carbonyl (C=O) groups is 1. The topological polar surface area (TPSA) is 94.5 Å². The standard InChI is InChI=1S/C34H33F5N8O2/c1-44-7-9-46(10-8-44)18-22-12-27(35)30(14-26(22)34(37,38)39)43-33(48)47-6-5-20-3-4-24(11-21(20)19-47)49-31-25-13-29(23-15-41-45(2)17-23)42-32(25)40-16-28(31)36/h3-4,11-17H,5-10,18-19H2,1-2H3,(H,40,42)(H,43,48). The molecular formula is C34H33F5N8O2. The second kappa shape index (κ2) is 12.8. The molecule has 1 saturated heterocycles. The van der Waals surface area contributed by atoms with E-state index in [4.69, 9.17) is 4.74 Å². The molecule has 2 amide bonds. The van der Waals surface area contributed by atoms with Crippen molar-refractivity contribution in [2.24, 2.45) is 7.05 Å². The van der Waals surface area contributed by atoms with Gasteiger partial charge < -0.3 is 24.8 Å². The Morgan fingerprint density at radius 1 is 0.980 bits per heavy atom. The summed E-state index contributed by atoms with van der Waals surface area (Å²) >= 11 is 0. The monoisotopic (exact) mass is 680 g/mol. The number of pyridine rings is 1. The summed E-state index contributed by atoms with van der Waals surface area (Å²) in [6.45, 7) is 2.83. The van der Waals surface area contributed by atoms with Crippen LogP contribution in [0.1, 0.15) is 22.3 Å². The number of H-pyrrole nitrogens is 1. The van der Waals surface area contributed by atoms with Gasteiger partial charge >= 0.3 is 12.2 Å². The number of likely N-dealkylation sites (N-methyl/N-ethyl adjacent to an activating group) is 1. The molecule has 0 spiro atoms. The summed E-state index contributed by atoms with van der Waals surface area (Å²) in [5.74, 6) is -1.33. The number of fused-ring (bicyclic) bond motifs is 2. The minimum absolute atomic E-state index is 0.0336. The molecule has 1 fully saturated rings. The second-order valence-electron chi connectivity index (χ2n) is 12.5. The summed E-state index contributed by atoms with van der Waals surface area (Å²) in [7, 11) is 3.72. The summed E-state index contributed by atoms with van der Waals surface area (Å²) < 4.78 is 80.2. The number of benzene rings is 2. The number of hydrogen-bond acceptors (Lipinski definition) is 6. The smallest absolute Gasteiger partial charge is 0.416 e. The summed E-state index contributed by atoms with van der Waals surface area (Å²) in [6.07, 6.45) is 0.246. The molecule has 7 rings (SSSR count). The van der Waals surface area contributed by atoms with Crippen molar-refractivity contribution >= 4 is 22.8 Å². The van der Waals surface area contributed by atoms with Gasteiger partial charge in [-0.2, -0.15) is 18.3 Å². The van der Waals surface area contributed by atoms with Gasteiger partial charge in [-0.3, -0.25) is 9.58 Å². The number of urea groups is 1. The molecule has 10 nitrogen and oxygen atoms in total.